The summed E-state index contributed by atoms with van der Waals surface area (Å²) < 4.78 is 0. The maximum absolute atomic E-state index is 2.51. The Morgan fingerprint density at radius 1 is 1.05 bits per heavy atom. The van der Waals surface area contributed by atoms with Gasteiger partial charge >= 0.3 is 0 Å². The first kappa shape index (κ1) is 16.3. The molecule has 0 spiro atoms. The van der Waals surface area contributed by atoms with Gasteiger partial charge in [-0.15, -0.1) is 0 Å². The number of allylic oxidation sites excluding steroid dienone is 6. The lowest BCUT2D eigenvalue weighted by atomic mass is 9.70. The second-order valence-corrected chi connectivity index (χ2v) is 8.21. The summed E-state index contributed by atoms with van der Waals surface area (Å²) in [5.74, 6) is 1.20. The molecule has 0 amide bonds. The van der Waals surface area contributed by atoms with Gasteiger partial charge in [-0.3, -0.25) is 0 Å². The van der Waals surface area contributed by atoms with Gasteiger partial charge in [-0.2, -0.15) is 0 Å². The lowest BCUT2D eigenvalue weighted by molar-refractivity contribution is 0.300. The molecule has 2 unspecified atom stereocenters. The van der Waals surface area contributed by atoms with Crippen molar-refractivity contribution in [1.82, 2.24) is 0 Å². The zero-order valence-corrected chi connectivity index (χ0v) is 14.2. The fourth-order valence-corrected chi connectivity index (χ4v) is 3.13. The number of hydrogen-bond donors (Lipinski definition) is 0. The Balaban J connectivity index is 3.09. The average molecular weight is 260 g/mol. The number of rotatable bonds is 2. The minimum atomic E-state index is 0.243. The Hall–Kier alpha value is -0.780. The minimum absolute atomic E-state index is 0.243. The molecular weight excluding hydrogens is 228 g/mol. The first-order valence-corrected chi connectivity index (χ1v) is 7.58. The monoisotopic (exact) mass is 260 g/mol. The van der Waals surface area contributed by atoms with Gasteiger partial charge in [0.2, 0.25) is 0 Å². The maximum Gasteiger partial charge on any atom is 0.00158 e. The Morgan fingerprint density at radius 2 is 1.63 bits per heavy atom. The molecular formula is C19H32. The van der Waals surface area contributed by atoms with Crippen LogP contribution in [0.25, 0.3) is 0 Å². The Bertz CT molecular complexity index is 391. The van der Waals surface area contributed by atoms with Gasteiger partial charge in [-0.25, -0.2) is 0 Å². The molecule has 0 N–H and O–H groups in total. The molecule has 1 rings (SSSR count). The first-order valence-electron chi connectivity index (χ1n) is 7.58. The topological polar surface area (TPSA) is 0 Å². The van der Waals surface area contributed by atoms with Crippen LogP contribution in [0.5, 0.6) is 0 Å². The summed E-state index contributed by atoms with van der Waals surface area (Å²) in [5.41, 5.74) is 3.62. The minimum Gasteiger partial charge on any atom is -0.0910 e. The molecule has 0 saturated carbocycles. The van der Waals surface area contributed by atoms with Crippen LogP contribution < -0.4 is 0 Å². The summed E-state index contributed by atoms with van der Waals surface area (Å²) in [4.78, 5) is 0. The SMILES string of the molecule is C/C=C/C1C=C(C(C)(C)C)C(C)=CC1CC(C)(C)C. The van der Waals surface area contributed by atoms with Crippen molar-refractivity contribution in [2.75, 3.05) is 0 Å². The van der Waals surface area contributed by atoms with E-state index in [-0.39, 0.29) is 5.41 Å². The zero-order valence-electron chi connectivity index (χ0n) is 14.2. The lowest BCUT2D eigenvalue weighted by Gasteiger charge is -2.35. The Kier molecular flexibility index (Phi) is 4.87. The summed E-state index contributed by atoms with van der Waals surface area (Å²) in [5, 5.41) is 0. The third-order valence-electron chi connectivity index (χ3n) is 3.81. The summed E-state index contributed by atoms with van der Waals surface area (Å²) in [7, 11) is 0. The van der Waals surface area contributed by atoms with Gasteiger partial charge in [0.05, 0.1) is 0 Å². The van der Waals surface area contributed by atoms with Gasteiger partial charge in [0, 0.05) is 5.92 Å². The molecule has 0 heteroatoms. The highest BCUT2D eigenvalue weighted by Gasteiger charge is 2.29. The largest absolute Gasteiger partial charge is 0.0910 e. The van der Waals surface area contributed by atoms with Crippen LogP contribution in [-0.2, 0) is 0 Å². The van der Waals surface area contributed by atoms with Crippen molar-refractivity contribution >= 4 is 0 Å². The molecule has 0 saturated heterocycles. The lowest BCUT2D eigenvalue weighted by Crippen LogP contribution is -2.23. The van der Waals surface area contributed by atoms with E-state index in [0.29, 0.717) is 17.3 Å². The van der Waals surface area contributed by atoms with Crippen molar-refractivity contribution in [3.8, 4) is 0 Å². The quantitative estimate of drug-likeness (QED) is 0.521. The average Bonchev–Trinajstić information content (AvgIpc) is 2.17. The highest BCUT2D eigenvalue weighted by molar-refractivity contribution is 5.39. The van der Waals surface area contributed by atoms with E-state index in [2.05, 4.69) is 79.7 Å². The van der Waals surface area contributed by atoms with Crippen LogP contribution >= 0.6 is 0 Å². The predicted molar refractivity (Wildman–Crippen MR) is 87.2 cm³/mol. The van der Waals surface area contributed by atoms with E-state index in [1.165, 1.54) is 17.6 Å². The van der Waals surface area contributed by atoms with Crippen LogP contribution in [-0.4, -0.2) is 0 Å². The highest BCUT2D eigenvalue weighted by atomic mass is 14.3. The molecule has 0 heterocycles. The van der Waals surface area contributed by atoms with E-state index < -0.39 is 0 Å². The van der Waals surface area contributed by atoms with Gasteiger partial charge < -0.3 is 0 Å². The highest BCUT2D eigenvalue weighted by Crippen LogP contribution is 2.41. The van der Waals surface area contributed by atoms with Crippen molar-refractivity contribution < 1.29 is 0 Å². The molecule has 0 fully saturated rings. The maximum atomic E-state index is 2.51. The molecule has 0 aromatic rings. The number of hydrogen-bond acceptors (Lipinski definition) is 0. The van der Waals surface area contributed by atoms with Crippen LogP contribution in [0.4, 0.5) is 0 Å². The molecule has 0 aromatic heterocycles. The molecule has 0 aromatic carbocycles. The van der Waals surface area contributed by atoms with Crippen molar-refractivity contribution in [3.63, 3.8) is 0 Å². The van der Waals surface area contributed by atoms with E-state index in [1.807, 2.05) is 0 Å². The zero-order chi connectivity index (χ0) is 14.8. The van der Waals surface area contributed by atoms with Crippen LogP contribution in [0, 0.1) is 22.7 Å². The molecule has 0 aliphatic heterocycles. The van der Waals surface area contributed by atoms with E-state index in [4.69, 9.17) is 0 Å². The molecule has 0 radical (unpaired) electrons. The molecule has 0 bridgehead atoms. The molecule has 0 nitrogen and oxygen atoms in total. The van der Waals surface area contributed by atoms with E-state index in [0.717, 1.165) is 0 Å². The van der Waals surface area contributed by atoms with Gasteiger partial charge in [0.15, 0.2) is 0 Å². The van der Waals surface area contributed by atoms with E-state index >= 15 is 0 Å². The van der Waals surface area contributed by atoms with Gasteiger partial charge in [-0.1, -0.05) is 71.4 Å². The van der Waals surface area contributed by atoms with Crippen LogP contribution in [0.15, 0.2) is 35.5 Å². The van der Waals surface area contributed by atoms with E-state index in [1.54, 1.807) is 0 Å². The van der Waals surface area contributed by atoms with Crippen molar-refractivity contribution in [2.45, 2.75) is 61.8 Å². The standard InChI is InChI=1S/C19H32/c1-9-10-15-12-17(19(6,7)8)14(2)11-16(15)13-18(3,4)5/h9-12,15-16H,13H2,1-8H3/b10-9+. The summed E-state index contributed by atoms with van der Waals surface area (Å²) in [6, 6.07) is 0. The third-order valence-corrected chi connectivity index (χ3v) is 3.81. The summed E-state index contributed by atoms with van der Waals surface area (Å²) in [6.45, 7) is 18.4. The fraction of sp³-hybridized carbons (Fsp3) is 0.684. The van der Waals surface area contributed by atoms with Crippen molar-refractivity contribution in [1.29, 1.82) is 0 Å². The third kappa shape index (κ3) is 4.67. The van der Waals surface area contributed by atoms with Gasteiger partial charge in [0.1, 0.15) is 0 Å². The molecule has 1 aliphatic rings. The first-order chi connectivity index (χ1) is 8.54. The predicted octanol–water partition coefficient (Wildman–Crippen LogP) is 6.16. The van der Waals surface area contributed by atoms with Crippen LogP contribution in [0.3, 0.4) is 0 Å². The fourth-order valence-electron chi connectivity index (χ4n) is 3.13. The second kappa shape index (κ2) is 5.69. The molecule has 108 valence electrons. The molecule has 2 atom stereocenters. The van der Waals surface area contributed by atoms with Crippen LogP contribution in [0.1, 0.15) is 61.8 Å². The normalized spacial score (nSPS) is 25.5. The molecule has 1 aliphatic carbocycles. The smallest absolute Gasteiger partial charge is 0.00158 e. The van der Waals surface area contributed by atoms with Gasteiger partial charge in [0.25, 0.3) is 0 Å². The summed E-state index contributed by atoms with van der Waals surface area (Å²) >= 11 is 0. The Morgan fingerprint density at radius 3 is 2.05 bits per heavy atom. The van der Waals surface area contributed by atoms with Gasteiger partial charge in [-0.05, 0) is 42.6 Å². The molecule has 19 heavy (non-hydrogen) atoms. The summed E-state index contributed by atoms with van der Waals surface area (Å²) in [6.07, 6.45) is 10.8. The van der Waals surface area contributed by atoms with E-state index in [9.17, 15) is 0 Å². The second-order valence-electron chi connectivity index (χ2n) is 8.21. The van der Waals surface area contributed by atoms with Crippen molar-refractivity contribution in [3.05, 3.63) is 35.5 Å². The Labute approximate surface area is 120 Å². The van der Waals surface area contributed by atoms with Crippen LogP contribution in [0.2, 0.25) is 0 Å². The van der Waals surface area contributed by atoms with Crippen molar-refractivity contribution in [2.24, 2.45) is 22.7 Å².